The van der Waals surface area contributed by atoms with Gasteiger partial charge >= 0.3 is 5.69 Å². The molecule has 0 bridgehead atoms. The van der Waals surface area contributed by atoms with Crippen LogP contribution in [0.1, 0.15) is 17.0 Å². The molecule has 0 saturated carbocycles. The number of hydrogen-bond acceptors (Lipinski definition) is 4. The molecular weight excluding hydrogens is 320 g/mol. The molecule has 23 heavy (non-hydrogen) atoms. The largest absolute Gasteiger partial charge is 0.493 e. The van der Waals surface area contributed by atoms with Crippen molar-refractivity contribution in [3.63, 3.8) is 0 Å². The quantitative estimate of drug-likeness (QED) is 0.728. The monoisotopic (exact) mass is 334 g/mol. The summed E-state index contributed by atoms with van der Waals surface area (Å²) in [5.74, 6) is 0.886. The SMILES string of the molecule is Cn1c2c(c(=O)n(C)c1=O)[C@H]1c3cc(Cl)ccc3OC[C@@H]1CO2. The summed E-state index contributed by atoms with van der Waals surface area (Å²) < 4.78 is 14.0. The van der Waals surface area contributed by atoms with Gasteiger partial charge in [-0.1, -0.05) is 11.6 Å². The van der Waals surface area contributed by atoms with Crippen molar-refractivity contribution >= 4 is 11.6 Å². The standard InChI is InChI=1S/C16H15ClN2O4/c1-18-14(20)13-12-8(7-23-15(13)19(2)16(18)21)6-22-11-4-3-9(17)5-10(11)12/h3-5,8,12H,6-7H2,1-2H3/t8-,12-/m1/s1. The van der Waals surface area contributed by atoms with Crippen LogP contribution >= 0.6 is 11.6 Å². The molecule has 4 rings (SSSR count). The first-order valence-electron chi connectivity index (χ1n) is 7.34. The third kappa shape index (κ3) is 1.94. The van der Waals surface area contributed by atoms with Crippen LogP contribution in [0, 0.1) is 5.92 Å². The van der Waals surface area contributed by atoms with Gasteiger partial charge in [0.2, 0.25) is 5.88 Å². The van der Waals surface area contributed by atoms with Crippen LogP contribution in [0.25, 0.3) is 0 Å². The minimum Gasteiger partial charge on any atom is -0.493 e. The van der Waals surface area contributed by atoms with E-state index in [1.807, 2.05) is 12.1 Å². The highest BCUT2D eigenvalue weighted by Crippen LogP contribution is 2.46. The highest BCUT2D eigenvalue weighted by atomic mass is 35.5. The minimum absolute atomic E-state index is 0.0127. The molecule has 120 valence electrons. The average molecular weight is 335 g/mol. The van der Waals surface area contributed by atoms with Gasteiger partial charge in [-0.2, -0.15) is 0 Å². The smallest absolute Gasteiger partial charge is 0.333 e. The fraction of sp³-hybridized carbons (Fsp3) is 0.375. The van der Waals surface area contributed by atoms with Gasteiger partial charge < -0.3 is 9.47 Å². The van der Waals surface area contributed by atoms with Gasteiger partial charge in [0, 0.05) is 36.5 Å². The molecule has 0 N–H and O–H groups in total. The fourth-order valence-corrected chi connectivity index (χ4v) is 3.64. The first-order chi connectivity index (χ1) is 11.0. The van der Waals surface area contributed by atoms with E-state index in [-0.39, 0.29) is 17.4 Å². The molecule has 2 atom stereocenters. The van der Waals surface area contributed by atoms with E-state index in [1.165, 1.54) is 11.6 Å². The fourth-order valence-electron chi connectivity index (χ4n) is 3.45. The third-order valence-electron chi connectivity index (χ3n) is 4.62. The zero-order valence-electron chi connectivity index (χ0n) is 12.7. The average Bonchev–Trinajstić information content (AvgIpc) is 2.56. The normalized spacial score (nSPS) is 21.5. The Balaban J connectivity index is 2.05. The first kappa shape index (κ1) is 14.4. The molecule has 1 aromatic heterocycles. The van der Waals surface area contributed by atoms with E-state index < -0.39 is 5.69 Å². The number of rotatable bonds is 0. The van der Waals surface area contributed by atoms with E-state index in [9.17, 15) is 9.59 Å². The Hall–Kier alpha value is -2.21. The minimum atomic E-state index is -0.398. The van der Waals surface area contributed by atoms with E-state index >= 15 is 0 Å². The lowest BCUT2D eigenvalue weighted by Crippen LogP contribution is -2.46. The summed E-state index contributed by atoms with van der Waals surface area (Å²) in [7, 11) is 3.09. The number of halogens is 1. The molecule has 6 nitrogen and oxygen atoms in total. The molecule has 2 aliphatic heterocycles. The lowest BCUT2D eigenvalue weighted by molar-refractivity contribution is 0.116. The van der Waals surface area contributed by atoms with Gasteiger partial charge in [-0.15, -0.1) is 0 Å². The highest BCUT2D eigenvalue weighted by Gasteiger charge is 2.41. The molecular formula is C16H15ClN2O4. The first-order valence-corrected chi connectivity index (χ1v) is 7.71. The molecule has 3 heterocycles. The van der Waals surface area contributed by atoms with Crippen LogP contribution in [0.5, 0.6) is 11.6 Å². The number of nitrogens with zero attached hydrogens (tertiary/aromatic N) is 2. The van der Waals surface area contributed by atoms with Crippen LogP contribution in [0.3, 0.4) is 0 Å². The lowest BCUT2D eigenvalue weighted by atomic mass is 9.79. The van der Waals surface area contributed by atoms with Crippen LogP contribution < -0.4 is 20.7 Å². The number of ether oxygens (including phenoxy) is 2. The number of aromatic nitrogens is 2. The molecule has 7 heteroatoms. The van der Waals surface area contributed by atoms with Crippen molar-refractivity contribution in [2.75, 3.05) is 13.2 Å². The second kappa shape index (κ2) is 4.89. The molecule has 0 fully saturated rings. The predicted octanol–water partition coefficient (Wildman–Crippen LogP) is 1.27. The van der Waals surface area contributed by atoms with Crippen molar-refractivity contribution in [3.05, 3.63) is 55.2 Å². The van der Waals surface area contributed by atoms with Gasteiger partial charge in [0.25, 0.3) is 5.56 Å². The molecule has 0 amide bonds. The van der Waals surface area contributed by atoms with Crippen LogP contribution in [-0.4, -0.2) is 22.3 Å². The molecule has 0 radical (unpaired) electrons. The van der Waals surface area contributed by atoms with Crippen molar-refractivity contribution in [1.82, 2.24) is 9.13 Å². The molecule has 2 aromatic rings. The van der Waals surface area contributed by atoms with Gasteiger partial charge in [0.15, 0.2) is 0 Å². The van der Waals surface area contributed by atoms with Crippen molar-refractivity contribution in [1.29, 1.82) is 0 Å². The van der Waals surface area contributed by atoms with Crippen LogP contribution in [0.15, 0.2) is 27.8 Å². The molecule has 1 aromatic carbocycles. The predicted molar refractivity (Wildman–Crippen MR) is 84.7 cm³/mol. The van der Waals surface area contributed by atoms with Gasteiger partial charge in [-0.25, -0.2) is 4.79 Å². The second-order valence-corrected chi connectivity index (χ2v) is 6.40. The van der Waals surface area contributed by atoms with Gasteiger partial charge in [0.05, 0.1) is 18.8 Å². The third-order valence-corrected chi connectivity index (χ3v) is 4.86. The van der Waals surface area contributed by atoms with Gasteiger partial charge in [0.1, 0.15) is 5.75 Å². The Bertz CT molecular complexity index is 931. The maximum atomic E-state index is 12.7. The maximum Gasteiger partial charge on any atom is 0.333 e. The summed E-state index contributed by atoms with van der Waals surface area (Å²) in [4.78, 5) is 24.9. The zero-order chi connectivity index (χ0) is 16.3. The number of fused-ring (bicyclic) bond motifs is 5. The number of benzene rings is 1. The highest BCUT2D eigenvalue weighted by molar-refractivity contribution is 6.30. The van der Waals surface area contributed by atoms with E-state index in [0.717, 1.165) is 15.9 Å². The Labute approximate surface area is 136 Å². The van der Waals surface area contributed by atoms with Crippen LogP contribution in [0.4, 0.5) is 0 Å². The van der Waals surface area contributed by atoms with Crippen molar-refractivity contribution in [2.45, 2.75) is 5.92 Å². The summed E-state index contributed by atoms with van der Waals surface area (Å²) in [6.45, 7) is 0.856. The molecule has 0 saturated heterocycles. The van der Waals surface area contributed by atoms with Crippen molar-refractivity contribution in [3.8, 4) is 11.6 Å². The molecule has 2 aliphatic rings. The summed E-state index contributed by atoms with van der Waals surface area (Å²) >= 11 is 6.14. The molecule has 0 aliphatic carbocycles. The van der Waals surface area contributed by atoms with E-state index in [2.05, 4.69) is 0 Å². The summed E-state index contributed by atoms with van der Waals surface area (Å²) in [5, 5.41) is 0.586. The second-order valence-electron chi connectivity index (χ2n) is 5.97. The maximum absolute atomic E-state index is 12.7. The topological polar surface area (TPSA) is 62.5 Å². The van der Waals surface area contributed by atoms with Crippen molar-refractivity contribution in [2.24, 2.45) is 20.0 Å². The lowest BCUT2D eigenvalue weighted by Gasteiger charge is -2.38. The zero-order valence-corrected chi connectivity index (χ0v) is 13.5. The molecule has 0 unspecified atom stereocenters. The molecule has 0 spiro atoms. The Kier molecular flexibility index (Phi) is 3.06. The Morgan fingerprint density at radius 1 is 1.13 bits per heavy atom. The summed E-state index contributed by atoms with van der Waals surface area (Å²) in [5.41, 5.74) is 0.642. The summed E-state index contributed by atoms with van der Waals surface area (Å²) in [6.07, 6.45) is 0. The Morgan fingerprint density at radius 3 is 2.65 bits per heavy atom. The van der Waals surface area contributed by atoms with Crippen LogP contribution in [-0.2, 0) is 14.1 Å². The van der Waals surface area contributed by atoms with E-state index in [4.69, 9.17) is 21.1 Å². The van der Waals surface area contributed by atoms with E-state index in [1.54, 1.807) is 13.1 Å². The van der Waals surface area contributed by atoms with E-state index in [0.29, 0.717) is 29.7 Å². The van der Waals surface area contributed by atoms with Crippen LogP contribution in [0.2, 0.25) is 5.02 Å². The van der Waals surface area contributed by atoms with Gasteiger partial charge in [-0.3, -0.25) is 13.9 Å². The summed E-state index contributed by atoms with van der Waals surface area (Å²) in [6, 6.07) is 5.41. The van der Waals surface area contributed by atoms with Gasteiger partial charge in [-0.05, 0) is 18.2 Å². The number of hydrogen-bond donors (Lipinski definition) is 0. The Morgan fingerprint density at radius 2 is 1.87 bits per heavy atom. The van der Waals surface area contributed by atoms with Crippen molar-refractivity contribution < 1.29 is 9.47 Å².